The Labute approximate surface area is 116 Å². The third-order valence-electron chi connectivity index (χ3n) is 4.05. The van der Waals surface area contributed by atoms with Crippen LogP contribution in [0, 0.1) is 0 Å². The molecule has 0 aromatic rings. The molecular formula is C13H25ClN2O2. The Morgan fingerprint density at radius 3 is 2.56 bits per heavy atom. The van der Waals surface area contributed by atoms with Crippen molar-refractivity contribution in [1.82, 2.24) is 10.2 Å². The molecule has 0 aromatic heterocycles. The van der Waals surface area contributed by atoms with Gasteiger partial charge in [0.15, 0.2) is 0 Å². The minimum Gasteiger partial charge on any atom is -0.375 e. The Morgan fingerprint density at radius 2 is 1.94 bits per heavy atom. The fraction of sp³-hybridized carbons (Fsp3) is 0.923. The van der Waals surface area contributed by atoms with Crippen molar-refractivity contribution >= 4 is 18.3 Å². The number of hydrogen-bond acceptors (Lipinski definition) is 3. The average molecular weight is 277 g/mol. The van der Waals surface area contributed by atoms with E-state index in [9.17, 15) is 4.79 Å². The summed E-state index contributed by atoms with van der Waals surface area (Å²) in [6, 6.07) is 0.280. The van der Waals surface area contributed by atoms with Crippen molar-refractivity contribution in [3.05, 3.63) is 0 Å². The standard InChI is InChI=1S/C13H24N2O2.ClH/c1-10-12(14-8-9-17-10)13(16)15(2)11-6-4-3-5-7-11;/h10-12,14H,3-9H2,1-2H3;1H/t10-,12+;/m1./s1. The SMILES string of the molecule is C[C@H]1OCCN[C@@H]1C(=O)N(C)C1CCCCC1.Cl. The first-order chi connectivity index (χ1) is 8.20. The van der Waals surface area contributed by atoms with Crippen LogP contribution in [0.2, 0.25) is 0 Å². The summed E-state index contributed by atoms with van der Waals surface area (Å²) in [4.78, 5) is 14.3. The number of morpholine rings is 1. The van der Waals surface area contributed by atoms with Crippen molar-refractivity contribution in [1.29, 1.82) is 0 Å². The van der Waals surface area contributed by atoms with Crippen LogP contribution < -0.4 is 5.32 Å². The lowest BCUT2D eigenvalue weighted by Gasteiger charge is -2.37. The zero-order valence-corrected chi connectivity index (χ0v) is 12.2. The Kier molecular flexibility index (Phi) is 6.39. The number of nitrogens with zero attached hydrogens (tertiary/aromatic N) is 1. The molecule has 1 saturated carbocycles. The largest absolute Gasteiger partial charge is 0.375 e. The highest BCUT2D eigenvalue weighted by Crippen LogP contribution is 2.22. The van der Waals surface area contributed by atoms with Crippen molar-refractivity contribution in [3.8, 4) is 0 Å². The highest BCUT2D eigenvalue weighted by molar-refractivity contribution is 5.85. The van der Waals surface area contributed by atoms with Gasteiger partial charge in [0.25, 0.3) is 0 Å². The van der Waals surface area contributed by atoms with E-state index in [0.29, 0.717) is 12.6 Å². The topological polar surface area (TPSA) is 41.6 Å². The minimum absolute atomic E-state index is 0. The van der Waals surface area contributed by atoms with Gasteiger partial charge in [0.1, 0.15) is 6.04 Å². The summed E-state index contributed by atoms with van der Waals surface area (Å²) in [5.41, 5.74) is 0. The molecule has 0 unspecified atom stereocenters. The van der Waals surface area contributed by atoms with E-state index in [0.717, 1.165) is 19.4 Å². The number of carbonyl (C=O) groups is 1. The minimum atomic E-state index is -0.157. The first-order valence-electron chi connectivity index (χ1n) is 6.82. The second kappa shape index (κ2) is 7.31. The molecule has 2 fully saturated rings. The summed E-state index contributed by atoms with van der Waals surface area (Å²) in [5, 5.41) is 3.27. The maximum Gasteiger partial charge on any atom is 0.242 e. The van der Waals surface area contributed by atoms with Crippen molar-refractivity contribution in [2.45, 2.75) is 57.2 Å². The van der Waals surface area contributed by atoms with Gasteiger partial charge < -0.3 is 15.0 Å². The summed E-state index contributed by atoms with van der Waals surface area (Å²) < 4.78 is 5.54. The monoisotopic (exact) mass is 276 g/mol. The van der Waals surface area contributed by atoms with Gasteiger partial charge in [-0.3, -0.25) is 4.79 Å². The van der Waals surface area contributed by atoms with Gasteiger partial charge in [-0.05, 0) is 19.8 Å². The summed E-state index contributed by atoms with van der Waals surface area (Å²) in [6.45, 7) is 3.46. The molecule has 4 nitrogen and oxygen atoms in total. The van der Waals surface area contributed by atoms with E-state index in [1.807, 2.05) is 18.9 Å². The lowest BCUT2D eigenvalue weighted by atomic mass is 9.94. The van der Waals surface area contributed by atoms with E-state index in [-0.39, 0.29) is 30.5 Å². The van der Waals surface area contributed by atoms with E-state index >= 15 is 0 Å². The van der Waals surface area contributed by atoms with Gasteiger partial charge >= 0.3 is 0 Å². The van der Waals surface area contributed by atoms with Gasteiger partial charge in [0.2, 0.25) is 5.91 Å². The van der Waals surface area contributed by atoms with Gasteiger partial charge in [-0.15, -0.1) is 12.4 Å². The van der Waals surface area contributed by atoms with Crippen LogP contribution in [0.4, 0.5) is 0 Å². The lowest BCUT2D eigenvalue weighted by Crippen LogP contribution is -2.57. The Hall–Kier alpha value is -0.320. The number of nitrogens with one attached hydrogen (secondary N) is 1. The molecule has 106 valence electrons. The zero-order valence-electron chi connectivity index (χ0n) is 11.4. The maximum absolute atomic E-state index is 12.4. The molecule has 18 heavy (non-hydrogen) atoms. The third-order valence-corrected chi connectivity index (χ3v) is 4.05. The molecule has 2 atom stereocenters. The second-order valence-electron chi connectivity index (χ2n) is 5.25. The van der Waals surface area contributed by atoms with Crippen LogP contribution in [-0.4, -0.2) is 49.2 Å². The fourth-order valence-electron chi connectivity index (χ4n) is 2.88. The van der Waals surface area contributed by atoms with Gasteiger partial charge in [0, 0.05) is 19.6 Å². The summed E-state index contributed by atoms with van der Waals surface area (Å²) in [5.74, 6) is 0.198. The van der Waals surface area contributed by atoms with Crippen LogP contribution >= 0.6 is 12.4 Å². The highest BCUT2D eigenvalue weighted by Gasteiger charge is 2.33. The van der Waals surface area contributed by atoms with Crippen molar-refractivity contribution in [3.63, 3.8) is 0 Å². The number of ether oxygens (including phenoxy) is 1. The molecule has 1 amide bonds. The predicted octanol–water partition coefficient (Wildman–Crippen LogP) is 1.58. The second-order valence-corrected chi connectivity index (χ2v) is 5.25. The normalized spacial score (nSPS) is 29.4. The third kappa shape index (κ3) is 3.59. The molecule has 0 spiro atoms. The number of halogens is 1. The molecule has 5 heteroatoms. The molecule has 0 bridgehead atoms. The lowest BCUT2D eigenvalue weighted by molar-refractivity contribution is -0.140. The molecule has 2 aliphatic rings. The summed E-state index contributed by atoms with van der Waals surface area (Å²) in [6.07, 6.45) is 6.13. The smallest absolute Gasteiger partial charge is 0.242 e. The van der Waals surface area contributed by atoms with E-state index in [4.69, 9.17) is 4.74 Å². The quantitative estimate of drug-likeness (QED) is 0.833. The fourth-order valence-corrected chi connectivity index (χ4v) is 2.88. The first kappa shape index (κ1) is 15.7. The van der Waals surface area contributed by atoms with Gasteiger partial charge in [0.05, 0.1) is 12.7 Å². The molecular weight excluding hydrogens is 252 g/mol. The van der Waals surface area contributed by atoms with E-state index in [1.165, 1.54) is 19.3 Å². The number of amides is 1. The van der Waals surface area contributed by atoms with Crippen molar-refractivity contribution < 1.29 is 9.53 Å². The molecule has 1 saturated heterocycles. The van der Waals surface area contributed by atoms with Crippen LogP contribution in [0.3, 0.4) is 0 Å². The number of carbonyl (C=O) groups excluding carboxylic acids is 1. The molecule has 1 aliphatic heterocycles. The molecule has 0 radical (unpaired) electrons. The van der Waals surface area contributed by atoms with Crippen molar-refractivity contribution in [2.75, 3.05) is 20.2 Å². The van der Waals surface area contributed by atoms with Crippen LogP contribution in [0.15, 0.2) is 0 Å². The Balaban J connectivity index is 0.00000162. The number of hydrogen-bond donors (Lipinski definition) is 1. The molecule has 1 heterocycles. The Bertz CT molecular complexity index is 270. The molecule has 2 rings (SSSR count). The number of rotatable bonds is 2. The number of likely N-dealkylation sites (N-methyl/N-ethyl adjacent to an activating group) is 1. The van der Waals surface area contributed by atoms with Gasteiger partial charge in [-0.1, -0.05) is 19.3 Å². The van der Waals surface area contributed by atoms with Crippen LogP contribution in [0.1, 0.15) is 39.0 Å². The highest BCUT2D eigenvalue weighted by atomic mass is 35.5. The average Bonchev–Trinajstić information content (AvgIpc) is 2.39. The molecule has 1 aliphatic carbocycles. The Morgan fingerprint density at radius 1 is 1.28 bits per heavy atom. The van der Waals surface area contributed by atoms with Crippen molar-refractivity contribution in [2.24, 2.45) is 0 Å². The maximum atomic E-state index is 12.4. The van der Waals surface area contributed by atoms with E-state index in [2.05, 4.69) is 5.32 Å². The summed E-state index contributed by atoms with van der Waals surface area (Å²) >= 11 is 0. The predicted molar refractivity (Wildman–Crippen MR) is 74.1 cm³/mol. The first-order valence-corrected chi connectivity index (χ1v) is 6.82. The zero-order chi connectivity index (χ0) is 12.3. The molecule has 0 aromatic carbocycles. The van der Waals surface area contributed by atoms with Crippen LogP contribution in [0.5, 0.6) is 0 Å². The van der Waals surface area contributed by atoms with E-state index in [1.54, 1.807) is 0 Å². The van der Waals surface area contributed by atoms with Gasteiger partial charge in [-0.2, -0.15) is 0 Å². The van der Waals surface area contributed by atoms with Gasteiger partial charge in [-0.25, -0.2) is 0 Å². The summed E-state index contributed by atoms with van der Waals surface area (Å²) in [7, 11) is 1.95. The van der Waals surface area contributed by atoms with E-state index < -0.39 is 0 Å². The van der Waals surface area contributed by atoms with Crippen LogP contribution in [0.25, 0.3) is 0 Å². The molecule has 1 N–H and O–H groups in total. The van der Waals surface area contributed by atoms with Crippen LogP contribution in [-0.2, 0) is 9.53 Å².